The Morgan fingerprint density at radius 3 is 2.69 bits per heavy atom. The molecule has 0 spiro atoms. The maximum atomic E-state index is 13.1. The first-order valence-electron chi connectivity index (χ1n) is 3.76. The van der Waals surface area contributed by atoms with Crippen molar-refractivity contribution in [2.45, 2.75) is 12.3 Å². The smallest absolute Gasteiger partial charge is 0.277 e. The molecule has 2 N–H and O–H groups in total. The van der Waals surface area contributed by atoms with E-state index in [0.29, 0.717) is 0 Å². The van der Waals surface area contributed by atoms with Gasteiger partial charge in [0, 0.05) is 12.6 Å². The summed E-state index contributed by atoms with van der Waals surface area (Å²) in [5.74, 6) is -4.21. The lowest BCUT2D eigenvalue weighted by Gasteiger charge is -2.15. The second-order valence-electron chi connectivity index (χ2n) is 2.60. The van der Waals surface area contributed by atoms with Crippen molar-refractivity contribution in [1.29, 1.82) is 0 Å². The summed E-state index contributed by atoms with van der Waals surface area (Å²) in [6.45, 7) is -0.186. The molecule has 2 nitrogen and oxygen atoms in total. The summed E-state index contributed by atoms with van der Waals surface area (Å²) in [5.41, 5.74) is 4.34. The highest BCUT2D eigenvalue weighted by atomic mass is 19.3. The molecule has 0 bridgehead atoms. The molecule has 0 fully saturated rings. The Bertz CT molecular complexity index is 288. The molecular formula is C8H9F3N2. The van der Waals surface area contributed by atoms with Crippen molar-refractivity contribution in [1.82, 2.24) is 4.98 Å². The lowest BCUT2D eigenvalue weighted by atomic mass is 10.1. The van der Waals surface area contributed by atoms with Crippen molar-refractivity contribution in [3.63, 3.8) is 0 Å². The first kappa shape index (κ1) is 9.98. The van der Waals surface area contributed by atoms with Gasteiger partial charge >= 0.3 is 0 Å². The average molecular weight is 190 g/mol. The van der Waals surface area contributed by atoms with Gasteiger partial charge in [0.05, 0.1) is 11.8 Å². The molecule has 0 saturated heterocycles. The van der Waals surface area contributed by atoms with Gasteiger partial charge in [0.2, 0.25) is 0 Å². The fraction of sp³-hybridized carbons (Fsp3) is 0.375. The topological polar surface area (TPSA) is 38.9 Å². The molecule has 0 aliphatic rings. The fourth-order valence-corrected chi connectivity index (χ4v) is 0.988. The molecule has 0 radical (unpaired) electrons. The highest BCUT2D eigenvalue weighted by molar-refractivity contribution is 5.18. The predicted molar refractivity (Wildman–Crippen MR) is 41.8 cm³/mol. The van der Waals surface area contributed by atoms with E-state index in [-0.39, 0.29) is 6.54 Å². The van der Waals surface area contributed by atoms with Gasteiger partial charge in [0.25, 0.3) is 5.92 Å². The molecule has 0 saturated carbocycles. The van der Waals surface area contributed by atoms with Crippen LogP contribution >= 0.6 is 0 Å². The van der Waals surface area contributed by atoms with E-state index in [4.69, 9.17) is 5.73 Å². The minimum Gasteiger partial charge on any atom is -0.330 e. The highest BCUT2D eigenvalue weighted by Gasteiger charge is 2.33. The first-order chi connectivity index (χ1) is 6.08. The minimum atomic E-state index is -3.21. The molecule has 1 rings (SSSR count). The molecule has 0 aliphatic heterocycles. The number of rotatable bonds is 3. The zero-order valence-electron chi connectivity index (χ0n) is 6.80. The fourth-order valence-electron chi connectivity index (χ4n) is 0.988. The minimum absolute atomic E-state index is 0.186. The standard InChI is InChI=1S/C8H9F3N2/c9-7-5-13-4-1-6(7)8(10,11)2-3-12/h1,4-5H,2-3,12H2. The SMILES string of the molecule is NCCC(F)(F)c1ccncc1F. The Morgan fingerprint density at radius 1 is 1.46 bits per heavy atom. The maximum Gasteiger partial charge on any atom is 0.277 e. The summed E-state index contributed by atoms with van der Waals surface area (Å²) < 4.78 is 39.0. The lowest BCUT2D eigenvalue weighted by molar-refractivity contribution is -0.0142. The molecule has 5 heteroatoms. The molecule has 0 atom stereocenters. The number of halogens is 3. The normalized spacial score (nSPS) is 11.7. The molecule has 0 unspecified atom stereocenters. The van der Waals surface area contributed by atoms with Crippen LogP contribution in [-0.2, 0) is 5.92 Å². The summed E-state index contributed by atoms with van der Waals surface area (Å²) in [5, 5.41) is 0. The summed E-state index contributed by atoms with van der Waals surface area (Å²) in [7, 11) is 0. The Kier molecular flexibility index (Phi) is 2.87. The number of alkyl halides is 2. The van der Waals surface area contributed by atoms with Gasteiger partial charge in [0.1, 0.15) is 0 Å². The quantitative estimate of drug-likeness (QED) is 0.787. The van der Waals surface area contributed by atoms with Gasteiger partial charge in [-0.1, -0.05) is 0 Å². The van der Waals surface area contributed by atoms with Crippen LogP contribution in [0.15, 0.2) is 18.5 Å². The van der Waals surface area contributed by atoms with Crippen LogP contribution in [0.25, 0.3) is 0 Å². The van der Waals surface area contributed by atoms with Crippen LogP contribution in [0.5, 0.6) is 0 Å². The summed E-state index contributed by atoms with van der Waals surface area (Å²) in [6.07, 6.45) is 1.33. The van der Waals surface area contributed by atoms with Crippen molar-refractivity contribution < 1.29 is 13.2 Å². The van der Waals surface area contributed by atoms with Gasteiger partial charge in [-0.05, 0) is 12.6 Å². The molecule has 0 aromatic carbocycles. The maximum absolute atomic E-state index is 13.1. The molecule has 1 heterocycles. The largest absolute Gasteiger partial charge is 0.330 e. The highest BCUT2D eigenvalue weighted by Crippen LogP contribution is 2.32. The van der Waals surface area contributed by atoms with Crippen molar-refractivity contribution in [3.8, 4) is 0 Å². The van der Waals surface area contributed by atoms with Crippen molar-refractivity contribution >= 4 is 0 Å². The summed E-state index contributed by atoms with van der Waals surface area (Å²) in [6, 6.07) is 0.963. The van der Waals surface area contributed by atoms with Crippen LogP contribution in [0.4, 0.5) is 13.2 Å². The van der Waals surface area contributed by atoms with E-state index < -0.39 is 23.7 Å². The van der Waals surface area contributed by atoms with Gasteiger partial charge in [0.15, 0.2) is 5.82 Å². The van der Waals surface area contributed by atoms with Crippen LogP contribution in [-0.4, -0.2) is 11.5 Å². The number of hydrogen-bond acceptors (Lipinski definition) is 2. The van der Waals surface area contributed by atoms with Crippen molar-refractivity contribution in [2.24, 2.45) is 5.73 Å². The van der Waals surface area contributed by atoms with E-state index in [1.165, 1.54) is 0 Å². The van der Waals surface area contributed by atoms with E-state index in [1.807, 2.05) is 0 Å². The van der Waals surface area contributed by atoms with Gasteiger partial charge in [-0.2, -0.15) is 0 Å². The number of pyridine rings is 1. The van der Waals surface area contributed by atoms with E-state index in [9.17, 15) is 13.2 Å². The molecule has 1 aromatic rings. The summed E-state index contributed by atoms with van der Waals surface area (Å²) >= 11 is 0. The van der Waals surface area contributed by atoms with E-state index >= 15 is 0 Å². The van der Waals surface area contributed by atoms with E-state index in [1.54, 1.807) is 0 Å². The van der Waals surface area contributed by atoms with Gasteiger partial charge in [-0.25, -0.2) is 13.2 Å². The zero-order valence-corrected chi connectivity index (χ0v) is 6.80. The number of hydrogen-bond donors (Lipinski definition) is 1. The van der Waals surface area contributed by atoms with Crippen LogP contribution < -0.4 is 5.73 Å². The van der Waals surface area contributed by atoms with E-state index in [2.05, 4.69) is 4.98 Å². The van der Waals surface area contributed by atoms with Crippen LogP contribution in [0.3, 0.4) is 0 Å². The third-order valence-corrected chi connectivity index (χ3v) is 1.62. The third-order valence-electron chi connectivity index (χ3n) is 1.62. The van der Waals surface area contributed by atoms with Crippen molar-refractivity contribution in [3.05, 3.63) is 29.8 Å². The number of nitrogens with two attached hydrogens (primary N) is 1. The first-order valence-corrected chi connectivity index (χ1v) is 3.76. The number of aromatic nitrogens is 1. The molecule has 0 amide bonds. The van der Waals surface area contributed by atoms with Gasteiger partial charge < -0.3 is 5.73 Å². The number of nitrogens with zero attached hydrogens (tertiary/aromatic N) is 1. The lowest BCUT2D eigenvalue weighted by Crippen LogP contribution is -2.20. The second-order valence-corrected chi connectivity index (χ2v) is 2.60. The monoisotopic (exact) mass is 190 g/mol. The molecule has 72 valence electrons. The van der Waals surface area contributed by atoms with Crippen LogP contribution in [0.1, 0.15) is 12.0 Å². The van der Waals surface area contributed by atoms with Crippen molar-refractivity contribution in [2.75, 3.05) is 6.54 Å². The Hall–Kier alpha value is -1.10. The van der Waals surface area contributed by atoms with Crippen LogP contribution in [0.2, 0.25) is 0 Å². The van der Waals surface area contributed by atoms with Crippen LogP contribution in [0, 0.1) is 5.82 Å². The second kappa shape index (κ2) is 3.74. The predicted octanol–water partition coefficient (Wildman–Crippen LogP) is 1.66. The molecule has 13 heavy (non-hydrogen) atoms. The summed E-state index contributed by atoms with van der Waals surface area (Å²) in [4.78, 5) is 3.38. The third kappa shape index (κ3) is 2.18. The van der Waals surface area contributed by atoms with Gasteiger partial charge in [-0.3, -0.25) is 4.98 Å². The van der Waals surface area contributed by atoms with E-state index in [0.717, 1.165) is 18.5 Å². The molecular weight excluding hydrogens is 181 g/mol. The Labute approximate surface area is 73.6 Å². The Balaban J connectivity index is 2.99. The van der Waals surface area contributed by atoms with Gasteiger partial charge in [-0.15, -0.1) is 0 Å². The Morgan fingerprint density at radius 2 is 2.15 bits per heavy atom. The molecule has 1 aromatic heterocycles. The molecule has 0 aliphatic carbocycles. The average Bonchev–Trinajstić information content (AvgIpc) is 2.04. The zero-order chi connectivity index (χ0) is 9.90.